The van der Waals surface area contributed by atoms with Crippen molar-refractivity contribution in [2.75, 3.05) is 10.6 Å². The van der Waals surface area contributed by atoms with Gasteiger partial charge in [-0.3, -0.25) is 19.2 Å². The largest absolute Gasteiger partial charge is 0.481 e. The molecule has 1 heterocycles. The number of rotatable bonds is 4. The SMILES string of the molecule is O=C(O)CC(Br)C(=O)c1ccc2c(c1)NC(=O)CC(=O)N2. The van der Waals surface area contributed by atoms with Gasteiger partial charge in [0.15, 0.2) is 5.78 Å². The number of Topliss-reactive ketones (excluding diaryl/α,β-unsaturated/α-hetero) is 1. The number of anilines is 2. The van der Waals surface area contributed by atoms with Crippen molar-refractivity contribution in [3.05, 3.63) is 23.8 Å². The van der Waals surface area contributed by atoms with E-state index >= 15 is 0 Å². The Balaban J connectivity index is 2.28. The number of aliphatic carboxylic acids is 1. The molecule has 1 atom stereocenters. The second-order valence-corrected chi connectivity index (χ2v) is 5.57. The van der Waals surface area contributed by atoms with Crippen LogP contribution < -0.4 is 10.6 Å². The van der Waals surface area contributed by atoms with Gasteiger partial charge in [0.1, 0.15) is 6.42 Å². The van der Waals surface area contributed by atoms with Crippen LogP contribution in [-0.2, 0) is 14.4 Å². The number of halogens is 1. The Hall–Kier alpha value is -2.22. The fraction of sp³-hybridized carbons (Fsp3) is 0.231. The molecule has 2 amide bonds. The quantitative estimate of drug-likeness (QED) is 0.429. The Kier molecular flexibility index (Phi) is 4.37. The minimum absolute atomic E-state index is 0.244. The van der Waals surface area contributed by atoms with Crippen molar-refractivity contribution in [3.63, 3.8) is 0 Å². The number of alkyl halides is 1. The number of nitrogens with one attached hydrogen (secondary N) is 2. The molecule has 8 heteroatoms. The van der Waals surface area contributed by atoms with Gasteiger partial charge in [0.2, 0.25) is 11.8 Å². The van der Waals surface area contributed by atoms with Crippen molar-refractivity contribution in [1.82, 2.24) is 0 Å². The molecule has 3 N–H and O–H groups in total. The zero-order valence-corrected chi connectivity index (χ0v) is 12.3. The van der Waals surface area contributed by atoms with Crippen LogP contribution in [0.15, 0.2) is 18.2 Å². The molecule has 0 aliphatic carbocycles. The van der Waals surface area contributed by atoms with E-state index in [9.17, 15) is 19.2 Å². The Bertz CT molecular complexity index is 643. The average molecular weight is 355 g/mol. The van der Waals surface area contributed by atoms with Crippen LogP contribution in [0.2, 0.25) is 0 Å². The normalized spacial score (nSPS) is 15.3. The fourth-order valence-corrected chi connectivity index (χ4v) is 2.41. The van der Waals surface area contributed by atoms with E-state index in [0.29, 0.717) is 11.4 Å². The first-order valence-electron chi connectivity index (χ1n) is 6.00. The van der Waals surface area contributed by atoms with E-state index < -0.39 is 28.4 Å². The van der Waals surface area contributed by atoms with Gasteiger partial charge in [0.25, 0.3) is 0 Å². The number of hydrogen-bond donors (Lipinski definition) is 3. The number of carboxylic acid groups (broad SMARTS) is 1. The predicted octanol–water partition coefficient (Wildman–Crippen LogP) is 1.39. The molecule has 0 spiro atoms. The van der Waals surface area contributed by atoms with E-state index in [1.54, 1.807) is 0 Å². The molecule has 0 radical (unpaired) electrons. The molecule has 0 bridgehead atoms. The number of amides is 2. The summed E-state index contributed by atoms with van der Waals surface area (Å²) in [7, 11) is 0. The maximum Gasteiger partial charge on any atom is 0.304 e. The standard InChI is InChI=1S/C13H11BrN2O5/c14-7(4-12(19)20)13(21)6-1-2-8-9(3-6)16-11(18)5-10(17)15-8/h1-3,7H,4-5H2,(H,15,17)(H,16,18)(H,19,20). The molecular formula is C13H11BrN2O5. The van der Waals surface area contributed by atoms with E-state index in [4.69, 9.17) is 5.11 Å². The van der Waals surface area contributed by atoms with Gasteiger partial charge in [-0.2, -0.15) is 0 Å². The lowest BCUT2D eigenvalue weighted by Gasteiger charge is -2.11. The highest BCUT2D eigenvalue weighted by atomic mass is 79.9. The summed E-state index contributed by atoms with van der Waals surface area (Å²) < 4.78 is 0. The Morgan fingerprint density at radius 1 is 1.19 bits per heavy atom. The maximum atomic E-state index is 12.1. The van der Waals surface area contributed by atoms with Gasteiger partial charge in [0, 0.05) is 5.56 Å². The van der Waals surface area contributed by atoms with Gasteiger partial charge < -0.3 is 15.7 Å². The second-order valence-electron chi connectivity index (χ2n) is 4.46. The highest BCUT2D eigenvalue weighted by Crippen LogP contribution is 2.27. The summed E-state index contributed by atoms with van der Waals surface area (Å²) in [6, 6.07) is 4.37. The van der Waals surface area contributed by atoms with Gasteiger partial charge in [-0.1, -0.05) is 15.9 Å². The Labute approximate surface area is 127 Å². The molecule has 2 rings (SSSR count). The van der Waals surface area contributed by atoms with Gasteiger partial charge in [-0.15, -0.1) is 0 Å². The van der Waals surface area contributed by atoms with Crippen LogP contribution in [0, 0.1) is 0 Å². The predicted molar refractivity (Wildman–Crippen MR) is 77.6 cm³/mol. The van der Waals surface area contributed by atoms with Crippen molar-refractivity contribution < 1.29 is 24.3 Å². The molecule has 1 aliphatic heterocycles. The fourth-order valence-electron chi connectivity index (χ4n) is 1.87. The lowest BCUT2D eigenvalue weighted by Crippen LogP contribution is -2.18. The molecule has 0 fully saturated rings. The number of benzene rings is 1. The summed E-state index contributed by atoms with van der Waals surface area (Å²) in [6.45, 7) is 0. The first-order valence-corrected chi connectivity index (χ1v) is 6.92. The summed E-state index contributed by atoms with van der Waals surface area (Å²) in [5.41, 5.74) is 0.951. The van der Waals surface area contributed by atoms with Crippen molar-refractivity contribution >= 4 is 50.9 Å². The van der Waals surface area contributed by atoms with E-state index in [2.05, 4.69) is 26.6 Å². The van der Waals surface area contributed by atoms with Gasteiger partial charge in [-0.05, 0) is 18.2 Å². The highest BCUT2D eigenvalue weighted by molar-refractivity contribution is 9.10. The third-order valence-electron chi connectivity index (χ3n) is 2.81. The van der Waals surface area contributed by atoms with Crippen molar-refractivity contribution in [2.24, 2.45) is 0 Å². The van der Waals surface area contributed by atoms with Crippen molar-refractivity contribution in [3.8, 4) is 0 Å². The molecule has 7 nitrogen and oxygen atoms in total. The second kappa shape index (κ2) is 6.04. The van der Waals surface area contributed by atoms with Gasteiger partial charge >= 0.3 is 5.97 Å². The molecule has 110 valence electrons. The summed E-state index contributed by atoms with van der Waals surface area (Å²) in [5, 5.41) is 13.7. The molecule has 1 aliphatic rings. The van der Waals surface area contributed by atoms with Crippen LogP contribution in [-0.4, -0.2) is 33.5 Å². The monoisotopic (exact) mass is 354 g/mol. The Morgan fingerprint density at radius 2 is 1.81 bits per heavy atom. The molecule has 0 aromatic heterocycles. The van der Waals surface area contributed by atoms with Crippen LogP contribution in [0.5, 0.6) is 0 Å². The number of carbonyl (C=O) groups excluding carboxylic acids is 3. The van der Waals surface area contributed by atoms with Crippen molar-refractivity contribution in [2.45, 2.75) is 17.7 Å². The maximum absolute atomic E-state index is 12.1. The van der Waals surface area contributed by atoms with E-state index in [-0.39, 0.29) is 18.4 Å². The van der Waals surface area contributed by atoms with Crippen LogP contribution in [0.3, 0.4) is 0 Å². The van der Waals surface area contributed by atoms with Gasteiger partial charge in [0.05, 0.1) is 22.6 Å². The zero-order chi connectivity index (χ0) is 15.6. The Morgan fingerprint density at radius 3 is 2.43 bits per heavy atom. The third kappa shape index (κ3) is 3.66. The molecule has 0 saturated carbocycles. The summed E-state index contributed by atoms with van der Waals surface area (Å²) >= 11 is 3.03. The minimum atomic E-state index is -1.10. The van der Waals surface area contributed by atoms with E-state index in [0.717, 1.165) is 0 Å². The first kappa shape index (κ1) is 15.2. The van der Waals surface area contributed by atoms with E-state index in [1.807, 2.05) is 0 Å². The smallest absolute Gasteiger partial charge is 0.304 e. The molecule has 1 aromatic carbocycles. The van der Waals surface area contributed by atoms with Crippen LogP contribution in [0.4, 0.5) is 11.4 Å². The third-order valence-corrected chi connectivity index (χ3v) is 3.55. The minimum Gasteiger partial charge on any atom is -0.481 e. The molecular weight excluding hydrogens is 344 g/mol. The van der Waals surface area contributed by atoms with Crippen LogP contribution in [0.1, 0.15) is 23.2 Å². The molecule has 0 saturated heterocycles. The molecule has 1 aromatic rings. The average Bonchev–Trinajstić information content (AvgIpc) is 2.52. The summed E-state index contributed by atoms with van der Waals surface area (Å²) in [5.74, 6) is -2.42. The van der Waals surface area contributed by atoms with Crippen molar-refractivity contribution in [1.29, 1.82) is 0 Å². The molecule has 21 heavy (non-hydrogen) atoms. The number of carbonyl (C=O) groups is 4. The first-order chi connectivity index (χ1) is 9.86. The highest BCUT2D eigenvalue weighted by Gasteiger charge is 2.23. The lowest BCUT2D eigenvalue weighted by atomic mass is 10.0. The van der Waals surface area contributed by atoms with Crippen LogP contribution in [0.25, 0.3) is 0 Å². The molecule has 1 unspecified atom stereocenters. The zero-order valence-electron chi connectivity index (χ0n) is 10.7. The number of hydrogen-bond acceptors (Lipinski definition) is 4. The summed E-state index contributed by atoms with van der Waals surface area (Å²) in [6.07, 6.45) is -0.642. The topological polar surface area (TPSA) is 113 Å². The number of fused-ring (bicyclic) bond motifs is 1. The number of carboxylic acids is 1. The van der Waals surface area contributed by atoms with E-state index in [1.165, 1.54) is 18.2 Å². The summed E-state index contributed by atoms with van der Waals surface area (Å²) in [4.78, 5) is 44.7. The number of ketones is 1. The lowest BCUT2D eigenvalue weighted by molar-refractivity contribution is -0.136. The van der Waals surface area contributed by atoms with Gasteiger partial charge in [-0.25, -0.2) is 0 Å². The van der Waals surface area contributed by atoms with Crippen LogP contribution >= 0.6 is 15.9 Å².